The molecule has 6 heteroatoms. The molecule has 2 N–H and O–H groups in total. The summed E-state index contributed by atoms with van der Waals surface area (Å²) in [5.74, 6) is 1.30. The maximum absolute atomic E-state index is 5.31. The zero-order valence-corrected chi connectivity index (χ0v) is 15.4. The highest BCUT2D eigenvalue weighted by atomic mass is 16.5. The molecule has 27 heavy (non-hydrogen) atoms. The van der Waals surface area contributed by atoms with E-state index in [4.69, 9.17) is 4.74 Å². The summed E-state index contributed by atoms with van der Waals surface area (Å²) in [6.07, 6.45) is 1.65. The molecule has 6 nitrogen and oxygen atoms in total. The van der Waals surface area contributed by atoms with Gasteiger partial charge in [-0.15, -0.1) is 5.10 Å². The van der Waals surface area contributed by atoms with Gasteiger partial charge in [0.1, 0.15) is 5.82 Å². The van der Waals surface area contributed by atoms with Crippen LogP contribution < -0.4 is 5.32 Å². The first-order valence-electron chi connectivity index (χ1n) is 8.83. The van der Waals surface area contributed by atoms with Crippen LogP contribution in [-0.4, -0.2) is 27.3 Å². The molecule has 4 aromatic rings. The standard InChI is InChI=1S/C21H21N5O/c1-14-19(17-10-6-9-16(13-27-2)20(17)24-14)21-25-18(12-23-26-21)22-11-15-7-4-3-5-8-15/h3-10,12,24H,11,13H2,1-2H3,(H,22,25,26). The third-order valence-electron chi connectivity index (χ3n) is 4.51. The monoisotopic (exact) mass is 359 g/mol. The Morgan fingerprint density at radius 3 is 2.74 bits per heavy atom. The van der Waals surface area contributed by atoms with Crippen molar-refractivity contribution in [2.45, 2.75) is 20.1 Å². The fraction of sp³-hybridized carbons (Fsp3) is 0.190. The fourth-order valence-electron chi connectivity index (χ4n) is 3.26. The highest BCUT2D eigenvalue weighted by Crippen LogP contribution is 2.32. The zero-order valence-electron chi connectivity index (χ0n) is 15.4. The molecule has 0 atom stereocenters. The molecule has 2 heterocycles. The molecule has 0 bridgehead atoms. The van der Waals surface area contributed by atoms with Crippen molar-refractivity contribution in [1.82, 2.24) is 20.2 Å². The van der Waals surface area contributed by atoms with Crippen LogP contribution in [0.5, 0.6) is 0 Å². The molecular formula is C21H21N5O. The summed E-state index contributed by atoms with van der Waals surface area (Å²) in [4.78, 5) is 8.13. The number of rotatable bonds is 6. The van der Waals surface area contributed by atoms with Gasteiger partial charge in [0.25, 0.3) is 0 Å². The fourth-order valence-corrected chi connectivity index (χ4v) is 3.26. The van der Waals surface area contributed by atoms with Gasteiger partial charge in [-0.05, 0) is 12.5 Å². The van der Waals surface area contributed by atoms with Crippen molar-refractivity contribution in [2.75, 3.05) is 12.4 Å². The van der Waals surface area contributed by atoms with E-state index in [-0.39, 0.29) is 0 Å². The molecule has 0 aliphatic carbocycles. The Labute approximate surface area is 157 Å². The normalized spacial score (nSPS) is 11.0. The Morgan fingerprint density at radius 2 is 1.93 bits per heavy atom. The lowest BCUT2D eigenvalue weighted by molar-refractivity contribution is 0.186. The summed E-state index contributed by atoms with van der Waals surface area (Å²) in [5.41, 5.74) is 5.33. The molecule has 136 valence electrons. The maximum atomic E-state index is 5.31. The Balaban J connectivity index is 1.67. The number of fused-ring (bicyclic) bond motifs is 1. The van der Waals surface area contributed by atoms with Gasteiger partial charge in [0.05, 0.1) is 18.3 Å². The number of H-pyrrole nitrogens is 1. The highest BCUT2D eigenvalue weighted by Gasteiger charge is 2.16. The first-order valence-corrected chi connectivity index (χ1v) is 8.83. The minimum absolute atomic E-state index is 0.550. The lowest BCUT2D eigenvalue weighted by Gasteiger charge is -2.07. The second-order valence-corrected chi connectivity index (χ2v) is 6.40. The molecule has 2 aromatic carbocycles. The van der Waals surface area contributed by atoms with Crippen molar-refractivity contribution in [3.8, 4) is 11.4 Å². The van der Waals surface area contributed by atoms with Gasteiger partial charge < -0.3 is 15.0 Å². The molecule has 0 aliphatic heterocycles. The zero-order chi connectivity index (χ0) is 18.6. The first-order chi connectivity index (χ1) is 13.3. The van der Waals surface area contributed by atoms with E-state index in [9.17, 15) is 0 Å². The van der Waals surface area contributed by atoms with Gasteiger partial charge in [0.15, 0.2) is 5.82 Å². The van der Waals surface area contributed by atoms with E-state index < -0.39 is 0 Å². The number of nitrogens with one attached hydrogen (secondary N) is 2. The van der Waals surface area contributed by atoms with E-state index >= 15 is 0 Å². The van der Waals surface area contributed by atoms with Crippen molar-refractivity contribution >= 4 is 16.7 Å². The second kappa shape index (κ2) is 7.55. The topological polar surface area (TPSA) is 75.7 Å². The molecular weight excluding hydrogens is 338 g/mol. The summed E-state index contributed by atoms with van der Waals surface area (Å²) in [7, 11) is 1.70. The van der Waals surface area contributed by atoms with Crippen molar-refractivity contribution in [1.29, 1.82) is 0 Å². The van der Waals surface area contributed by atoms with Crippen molar-refractivity contribution in [3.63, 3.8) is 0 Å². The van der Waals surface area contributed by atoms with Crippen molar-refractivity contribution < 1.29 is 4.74 Å². The number of methoxy groups -OCH3 is 1. The quantitative estimate of drug-likeness (QED) is 0.542. The number of hydrogen-bond donors (Lipinski definition) is 2. The molecule has 0 aliphatic rings. The summed E-state index contributed by atoms with van der Waals surface area (Å²) in [5, 5.41) is 12.8. The lowest BCUT2D eigenvalue weighted by atomic mass is 10.1. The number of ether oxygens (including phenoxy) is 1. The van der Waals surface area contributed by atoms with Crippen molar-refractivity contribution in [3.05, 3.63) is 71.5 Å². The average molecular weight is 359 g/mol. The molecule has 0 fully saturated rings. The van der Waals surface area contributed by atoms with Crippen LogP contribution in [0.15, 0.2) is 54.7 Å². The summed E-state index contributed by atoms with van der Waals surface area (Å²) in [6, 6.07) is 16.3. The number of aryl methyl sites for hydroxylation is 1. The largest absolute Gasteiger partial charge is 0.380 e. The number of para-hydroxylation sites is 1. The van der Waals surface area contributed by atoms with E-state index in [0.717, 1.165) is 27.7 Å². The van der Waals surface area contributed by atoms with Gasteiger partial charge >= 0.3 is 0 Å². The van der Waals surface area contributed by atoms with Gasteiger partial charge in [-0.1, -0.05) is 48.5 Å². The smallest absolute Gasteiger partial charge is 0.186 e. The van der Waals surface area contributed by atoms with E-state index in [2.05, 4.69) is 49.7 Å². The SMILES string of the molecule is COCc1cccc2c(-c3nncc(NCc4ccccc4)n3)c(C)[nH]c12. The van der Waals surface area contributed by atoms with Crippen LogP contribution in [0.25, 0.3) is 22.3 Å². The van der Waals surface area contributed by atoms with Gasteiger partial charge in [-0.3, -0.25) is 0 Å². The van der Waals surface area contributed by atoms with Gasteiger partial charge in [0.2, 0.25) is 0 Å². The third kappa shape index (κ3) is 3.52. The summed E-state index contributed by atoms with van der Waals surface area (Å²) >= 11 is 0. The Bertz CT molecular complexity index is 1060. The minimum Gasteiger partial charge on any atom is -0.380 e. The minimum atomic E-state index is 0.550. The van der Waals surface area contributed by atoms with Crippen molar-refractivity contribution in [2.24, 2.45) is 0 Å². The van der Waals surface area contributed by atoms with E-state index in [1.807, 2.05) is 31.2 Å². The molecule has 0 amide bonds. The van der Waals surface area contributed by atoms with Gasteiger partial charge in [-0.25, -0.2) is 4.98 Å². The summed E-state index contributed by atoms with van der Waals surface area (Å²) in [6.45, 7) is 3.26. The van der Waals surface area contributed by atoms with E-state index in [0.29, 0.717) is 24.8 Å². The van der Waals surface area contributed by atoms with Crippen LogP contribution in [0.4, 0.5) is 5.82 Å². The number of benzene rings is 2. The first kappa shape index (κ1) is 17.2. The van der Waals surface area contributed by atoms with Gasteiger partial charge in [-0.2, -0.15) is 5.10 Å². The third-order valence-corrected chi connectivity index (χ3v) is 4.51. The second-order valence-electron chi connectivity index (χ2n) is 6.40. The number of hydrogen-bond acceptors (Lipinski definition) is 5. The molecule has 0 saturated heterocycles. The lowest BCUT2D eigenvalue weighted by Crippen LogP contribution is -2.04. The Kier molecular flexibility index (Phi) is 4.80. The van der Waals surface area contributed by atoms with Gasteiger partial charge in [0, 0.05) is 35.9 Å². The molecule has 0 radical (unpaired) electrons. The highest BCUT2D eigenvalue weighted by molar-refractivity contribution is 5.97. The predicted octanol–water partition coefficient (Wildman–Crippen LogP) is 4.09. The van der Waals surface area contributed by atoms with Crippen LogP contribution in [-0.2, 0) is 17.9 Å². The van der Waals surface area contributed by atoms with Crippen LogP contribution in [0.1, 0.15) is 16.8 Å². The number of nitrogens with zero attached hydrogens (tertiary/aromatic N) is 3. The van der Waals surface area contributed by atoms with Crippen LogP contribution in [0.2, 0.25) is 0 Å². The maximum Gasteiger partial charge on any atom is 0.186 e. The predicted molar refractivity (Wildman–Crippen MR) is 106 cm³/mol. The number of aromatic nitrogens is 4. The van der Waals surface area contributed by atoms with Crippen LogP contribution in [0.3, 0.4) is 0 Å². The van der Waals surface area contributed by atoms with Crippen LogP contribution >= 0.6 is 0 Å². The number of anilines is 1. The molecule has 4 rings (SSSR count). The van der Waals surface area contributed by atoms with E-state index in [1.165, 1.54) is 5.56 Å². The van der Waals surface area contributed by atoms with E-state index in [1.54, 1.807) is 13.3 Å². The summed E-state index contributed by atoms with van der Waals surface area (Å²) < 4.78 is 5.31. The van der Waals surface area contributed by atoms with Crippen LogP contribution in [0, 0.1) is 6.92 Å². The molecule has 0 unspecified atom stereocenters. The average Bonchev–Trinajstić information content (AvgIpc) is 3.04. The molecule has 2 aromatic heterocycles. The number of aromatic amines is 1. The molecule has 0 saturated carbocycles. The Hall–Kier alpha value is -3.25. The molecule has 0 spiro atoms. The Morgan fingerprint density at radius 1 is 1.07 bits per heavy atom.